The molecule has 2 aliphatic rings. The number of nitrogens with one attached hydrogen (secondary N) is 1. The standard InChI is InChI=1S/C11H20F2N2O/c12-11(13)8-16-6-5-15-9-1-2-10(15)7-14-4-3-9/h9-11,14H,1-8H2. The highest BCUT2D eigenvalue weighted by molar-refractivity contribution is 4.91. The number of hydrogen-bond acceptors (Lipinski definition) is 3. The lowest BCUT2D eigenvalue weighted by molar-refractivity contribution is 0.00582. The zero-order chi connectivity index (χ0) is 11.4. The van der Waals surface area contributed by atoms with Gasteiger partial charge in [0.2, 0.25) is 0 Å². The molecule has 0 aromatic carbocycles. The molecule has 2 bridgehead atoms. The fraction of sp³-hybridized carbons (Fsp3) is 1.00. The number of ether oxygens (including phenoxy) is 1. The molecule has 3 nitrogen and oxygen atoms in total. The molecule has 0 saturated carbocycles. The van der Waals surface area contributed by atoms with Crippen LogP contribution in [0.4, 0.5) is 8.78 Å². The number of alkyl halides is 2. The number of fused-ring (bicyclic) bond motifs is 2. The van der Waals surface area contributed by atoms with Crippen LogP contribution in [-0.2, 0) is 4.74 Å². The van der Waals surface area contributed by atoms with Gasteiger partial charge in [-0.25, -0.2) is 8.78 Å². The van der Waals surface area contributed by atoms with Crippen LogP contribution in [0.1, 0.15) is 19.3 Å². The van der Waals surface area contributed by atoms with Gasteiger partial charge in [-0.2, -0.15) is 0 Å². The van der Waals surface area contributed by atoms with Crippen molar-refractivity contribution in [3.8, 4) is 0 Å². The summed E-state index contributed by atoms with van der Waals surface area (Å²) in [5.74, 6) is 0. The van der Waals surface area contributed by atoms with E-state index in [9.17, 15) is 8.78 Å². The molecule has 0 aromatic rings. The Morgan fingerprint density at radius 1 is 1.25 bits per heavy atom. The summed E-state index contributed by atoms with van der Waals surface area (Å²) in [6, 6.07) is 1.22. The molecular formula is C11H20F2N2O. The third kappa shape index (κ3) is 3.12. The summed E-state index contributed by atoms with van der Waals surface area (Å²) in [5, 5.41) is 3.41. The zero-order valence-corrected chi connectivity index (χ0v) is 9.50. The lowest BCUT2D eigenvalue weighted by Crippen LogP contribution is -2.40. The number of halogens is 2. The molecule has 2 atom stereocenters. The molecule has 2 aliphatic heterocycles. The molecule has 1 N–H and O–H groups in total. The molecule has 2 unspecified atom stereocenters. The summed E-state index contributed by atoms with van der Waals surface area (Å²) in [6.45, 7) is 2.91. The summed E-state index contributed by atoms with van der Waals surface area (Å²) >= 11 is 0. The first-order chi connectivity index (χ1) is 7.77. The lowest BCUT2D eigenvalue weighted by atomic mass is 10.1. The van der Waals surface area contributed by atoms with E-state index in [0.717, 1.165) is 19.6 Å². The fourth-order valence-corrected chi connectivity index (χ4v) is 2.79. The average Bonchev–Trinajstić information content (AvgIpc) is 2.47. The van der Waals surface area contributed by atoms with Crippen molar-refractivity contribution in [2.24, 2.45) is 0 Å². The van der Waals surface area contributed by atoms with E-state index in [2.05, 4.69) is 10.2 Å². The van der Waals surface area contributed by atoms with Crippen LogP contribution in [0.3, 0.4) is 0 Å². The quantitative estimate of drug-likeness (QED) is 0.721. The first kappa shape index (κ1) is 12.2. The van der Waals surface area contributed by atoms with Gasteiger partial charge in [0, 0.05) is 25.2 Å². The van der Waals surface area contributed by atoms with E-state index in [-0.39, 0.29) is 0 Å². The largest absolute Gasteiger partial charge is 0.374 e. The predicted molar refractivity (Wildman–Crippen MR) is 57.8 cm³/mol. The van der Waals surface area contributed by atoms with Gasteiger partial charge in [-0.05, 0) is 25.8 Å². The van der Waals surface area contributed by atoms with E-state index in [1.54, 1.807) is 0 Å². The summed E-state index contributed by atoms with van der Waals surface area (Å²) in [4.78, 5) is 2.44. The molecule has 0 radical (unpaired) electrons. The summed E-state index contributed by atoms with van der Waals surface area (Å²) in [5.41, 5.74) is 0. The van der Waals surface area contributed by atoms with Crippen molar-refractivity contribution in [1.82, 2.24) is 10.2 Å². The summed E-state index contributed by atoms with van der Waals surface area (Å²) < 4.78 is 28.7. The SMILES string of the molecule is FC(F)COCCN1C2CCNCC1CC2. The van der Waals surface area contributed by atoms with Crippen LogP contribution in [0.15, 0.2) is 0 Å². The number of rotatable bonds is 5. The fourth-order valence-electron chi connectivity index (χ4n) is 2.79. The van der Waals surface area contributed by atoms with Gasteiger partial charge in [0.25, 0.3) is 6.43 Å². The van der Waals surface area contributed by atoms with Crippen molar-refractivity contribution in [3.05, 3.63) is 0 Å². The van der Waals surface area contributed by atoms with E-state index in [1.165, 1.54) is 19.3 Å². The Balaban J connectivity index is 1.71. The minimum atomic E-state index is -2.34. The third-order valence-corrected chi connectivity index (χ3v) is 3.54. The van der Waals surface area contributed by atoms with E-state index >= 15 is 0 Å². The Morgan fingerprint density at radius 3 is 2.88 bits per heavy atom. The molecular weight excluding hydrogens is 214 g/mol. The van der Waals surface area contributed by atoms with Gasteiger partial charge in [0.05, 0.1) is 6.61 Å². The minimum Gasteiger partial charge on any atom is -0.374 e. The lowest BCUT2D eigenvalue weighted by Gasteiger charge is -2.27. The molecule has 2 heterocycles. The van der Waals surface area contributed by atoms with Crippen molar-refractivity contribution in [2.75, 3.05) is 32.8 Å². The van der Waals surface area contributed by atoms with E-state index in [4.69, 9.17) is 4.74 Å². The van der Waals surface area contributed by atoms with Crippen molar-refractivity contribution in [3.63, 3.8) is 0 Å². The molecule has 0 aromatic heterocycles. The van der Waals surface area contributed by atoms with Gasteiger partial charge < -0.3 is 10.1 Å². The zero-order valence-electron chi connectivity index (χ0n) is 9.50. The minimum absolute atomic E-state index is 0.428. The second kappa shape index (κ2) is 5.89. The maximum Gasteiger partial charge on any atom is 0.261 e. The summed E-state index contributed by atoms with van der Waals surface area (Å²) in [7, 11) is 0. The van der Waals surface area contributed by atoms with Crippen LogP contribution < -0.4 is 5.32 Å². The molecule has 0 amide bonds. The monoisotopic (exact) mass is 234 g/mol. The molecule has 2 rings (SSSR count). The van der Waals surface area contributed by atoms with Crippen LogP contribution in [0.2, 0.25) is 0 Å². The van der Waals surface area contributed by atoms with Crippen molar-refractivity contribution < 1.29 is 13.5 Å². The Kier molecular flexibility index (Phi) is 4.49. The van der Waals surface area contributed by atoms with E-state index < -0.39 is 13.0 Å². The first-order valence-corrected chi connectivity index (χ1v) is 6.09. The van der Waals surface area contributed by atoms with Crippen molar-refractivity contribution in [1.29, 1.82) is 0 Å². The topological polar surface area (TPSA) is 24.5 Å². The smallest absolute Gasteiger partial charge is 0.261 e. The Morgan fingerprint density at radius 2 is 2.06 bits per heavy atom. The Bertz CT molecular complexity index is 202. The van der Waals surface area contributed by atoms with Crippen LogP contribution in [0.5, 0.6) is 0 Å². The predicted octanol–water partition coefficient (Wildman–Crippen LogP) is 1.09. The summed E-state index contributed by atoms with van der Waals surface area (Å²) in [6.07, 6.45) is 1.31. The number of nitrogens with zero attached hydrogens (tertiary/aromatic N) is 1. The maximum absolute atomic E-state index is 11.9. The van der Waals surface area contributed by atoms with Crippen LogP contribution >= 0.6 is 0 Å². The molecule has 0 aliphatic carbocycles. The average molecular weight is 234 g/mol. The Labute approximate surface area is 95.1 Å². The molecule has 0 spiro atoms. The molecule has 94 valence electrons. The van der Waals surface area contributed by atoms with Crippen LogP contribution in [0, 0.1) is 0 Å². The molecule has 16 heavy (non-hydrogen) atoms. The van der Waals surface area contributed by atoms with Crippen molar-refractivity contribution >= 4 is 0 Å². The highest BCUT2D eigenvalue weighted by Gasteiger charge is 2.34. The van der Waals surface area contributed by atoms with E-state index in [1.807, 2.05) is 0 Å². The second-order valence-electron chi connectivity index (χ2n) is 4.58. The third-order valence-electron chi connectivity index (χ3n) is 3.54. The van der Waals surface area contributed by atoms with Gasteiger partial charge in [0.15, 0.2) is 0 Å². The van der Waals surface area contributed by atoms with Gasteiger partial charge in [-0.15, -0.1) is 0 Å². The molecule has 5 heteroatoms. The highest BCUT2D eigenvalue weighted by atomic mass is 19.3. The van der Waals surface area contributed by atoms with Crippen LogP contribution in [0.25, 0.3) is 0 Å². The maximum atomic E-state index is 11.9. The van der Waals surface area contributed by atoms with Gasteiger partial charge >= 0.3 is 0 Å². The number of hydrogen-bond donors (Lipinski definition) is 1. The van der Waals surface area contributed by atoms with E-state index in [0.29, 0.717) is 18.7 Å². The highest BCUT2D eigenvalue weighted by Crippen LogP contribution is 2.27. The first-order valence-electron chi connectivity index (χ1n) is 6.09. The molecule has 2 saturated heterocycles. The van der Waals surface area contributed by atoms with Gasteiger partial charge in [-0.1, -0.05) is 0 Å². The van der Waals surface area contributed by atoms with Gasteiger partial charge in [-0.3, -0.25) is 4.90 Å². The second-order valence-corrected chi connectivity index (χ2v) is 4.58. The normalized spacial score (nSPS) is 30.9. The van der Waals surface area contributed by atoms with Crippen LogP contribution in [-0.4, -0.2) is 56.3 Å². The molecule has 2 fully saturated rings. The Hall–Kier alpha value is -0.260. The van der Waals surface area contributed by atoms with Crippen molar-refractivity contribution in [2.45, 2.75) is 37.8 Å². The van der Waals surface area contributed by atoms with Gasteiger partial charge in [0.1, 0.15) is 6.61 Å².